The van der Waals surface area contributed by atoms with Crippen LogP contribution in [0, 0.1) is 0 Å². The van der Waals surface area contributed by atoms with Crippen LogP contribution in [0.4, 0.5) is 0 Å². The average Bonchev–Trinajstić information content (AvgIpc) is 3.08. The van der Waals surface area contributed by atoms with Crippen LogP contribution >= 0.6 is 0 Å². The van der Waals surface area contributed by atoms with Gasteiger partial charge in [-0.2, -0.15) is 5.10 Å². The van der Waals surface area contributed by atoms with Crippen molar-refractivity contribution in [3.8, 4) is 11.5 Å². The van der Waals surface area contributed by atoms with Crippen LogP contribution in [0.25, 0.3) is 12.2 Å². The van der Waals surface area contributed by atoms with Crippen LogP contribution in [0.1, 0.15) is 23.1 Å². The smallest absolute Gasteiger partial charge is 0.248 e. The number of hydrazone groups is 1. The first-order valence-electron chi connectivity index (χ1n) is 9.11. The van der Waals surface area contributed by atoms with E-state index in [4.69, 9.17) is 18.9 Å². The summed E-state index contributed by atoms with van der Waals surface area (Å²) in [4.78, 5) is 11.6. The normalized spacial score (nSPS) is 13.8. The number of rotatable bonds is 9. The molecular formula is C22H24N2O5. The molecule has 1 aliphatic heterocycles. The van der Waals surface area contributed by atoms with Crippen molar-refractivity contribution in [1.29, 1.82) is 0 Å². The van der Waals surface area contributed by atoms with Gasteiger partial charge in [0, 0.05) is 21.3 Å². The molecule has 0 spiro atoms. The average molecular weight is 396 g/mol. The summed E-state index contributed by atoms with van der Waals surface area (Å²) >= 11 is 0. The number of carbonyl (C=O) groups is 1. The van der Waals surface area contributed by atoms with Crippen molar-refractivity contribution < 1.29 is 23.7 Å². The third-order valence-corrected chi connectivity index (χ3v) is 4.29. The maximum absolute atomic E-state index is 11.6. The van der Waals surface area contributed by atoms with Crippen LogP contribution < -0.4 is 9.47 Å². The summed E-state index contributed by atoms with van der Waals surface area (Å²) < 4.78 is 21.0. The van der Waals surface area contributed by atoms with Gasteiger partial charge in [0.15, 0.2) is 25.1 Å². The molecule has 7 heteroatoms. The molecule has 0 bridgehead atoms. The van der Waals surface area contributed by atoms with Crippen LogP contribution in [0.2, 0.25) is 0 Å². The molecule has 2 aromatic rings. The number of methoxy groups -OCH3 is 2. The minimum atomic E-state index is 0.00777. The monoisotopic (exact) mass is 396 g/mol. The molecule has 0 fully saturated rings. The van der Waals surface area contributed by atoms with Crippen LogP contribution in [0.3, 0.4) is 0 Å². The quantitative estimate of drug-likeness (QED) is 0.480. The minimum Gasteiger partial charge on any atom is -0.464 e. The lowest BCUT2D eigenvalue weighted by atomic mass is 10.0. The molecule has 152 valence electrons. The highest BCUT2D eigenvalue weighted by atomic mass is 16.7. The summed E-state index contributed by atoms with van der Waals surface area (Å²) in [6.45, 7) is 0.261. The van der Waals surface area contributed by atoms with Gasteiger partial charge < -0.3 is 18.9 Å². The van der Waals surface area contributed by atoms with Gasteiger partial charge in [0.2, 0.25) is 5.91 Å². The largest absolute Gasteiger partial charge is 0.464 e. The molecule has 1 aliphatic rings. The van der Waals surface area contributed by atoms with Crippen molar-refractivity contribution in [3.63, 3.8) is 0 Å². The topological polar surface area (TPSA) is 69.6 Å². The predicted octanol–water partition coefficient (Wildman–Crippen LogP) is 3.39. The Hall–Kier alpha value is -3.16. The van der Waals surface area contributed by atoms with Gasteiger partial charge in [-0.3, -0.25) is 4.79 Å². The first kappa shape index (κ1) is 20.6. The van der Waals surface area contributed by atoms with Gasteiger partial charge in [0.05, 0.1) is 12.1 Å². The summed E-state index contributed by atoms with van der Waals surface area (Å²) in [6, 6.07) is 13.6. The van der Waals surface area contributed by atoms with E-state index in [9.17, 15) is 4.79 Å². The zero-order chi connectivity index (χ0) is 20.6. The van der Waals surface area contributed by atoms with Crippen LogP contribution in [0.15, 0.2) is 47.6 Å². The highest BCUT2D eigenvalue weighted by Gasteiger charge is 2.21. The fourth-order valence-corrected chi connectivity index (χ4v) is 2.77. The Balaban J connectivity index is 1.71. The van der Waals surface area contributed by atoms with Crippen molar-refractivity contribution in [3.05, 3.63) is 59.2 Å². The molecule has 3 rings (SSSR count). The van der Waals surface area contributed by atoms with Gasteiger partial charge in [-0.1, -0.05) is 42.5 Å². The number of hydrogen-bond acceptors (Lipinski definition) is 6. The zero-order valence-electron chi connectivity index (χ0n) is 16.8. The van der Waals surface area contributed by atoms with Gasteiger partial charge in [0.25, 0.3) is 0 Å². The van der Waals surface area contributed by atoms with E-state index in [2.05, 4.69) is 5.10 Å². The maximum Gasteiger partial charge on any atom is 0.248 e. The van der Waals surface area contributed by atoms with Gasteiger partial charge in [-0.15, -0.1) is 0 Å². The lowest BCUT2D eigenvalue weighted by molar-refractivity contribution is -0.127. The lowest BCUT2D eigenvalue weighted by Gasteiger charge is -2.12. The van der Waals surface area contributed by atoms with Gasteiger partial charge in [-0.25, -0.2) is 5.01 Å². The molecule has 29 heavy (non-hydrogen) atoms. The second-order valence-corrected chi connectivity index (χ2v) is 6.40. The van der Waals surface area contributed by atoms with Crippen molar-refractivity contribution in [2.75, 3.05) is 34.9 Å². The number of benzene rings is 2. The van der Waals surface area contributed by atoms with E-state index in [1.807, 2.05) is 54.6 Å². The Bertz CT molecular complexity index is 906. The van der Waals surface area contributed by atoms with Crippen LogP contribution in [-0.4, -0.2) is 51.5 Å². The molecule has 0 saturated carbocycles. The second kappa shape index (κ2) is 9.86. The zero-order valence-corrected chi connectivity index (χ0v) is 16.8. The van der Waals surface area contributed by atoms with E-state index in [1.54, 1.807) is 21.3 Å². The maximum atomic E-state index is 11.6. The Morgan fingerprint density at radius 2 is 1.55 bits per heavy atom. The van der Waals surface area contributed by atoms with Crippen LogP contribution in [0.5, 0.6) is 11.5 Å². The predicted molar refractivity (Wildman–Crippen MR) is 111 cm³/mol. The van der Waals surface area contributed by atoms with E-state index < -0.39 is 0 Å². The number of amides is 1. The number of ether oxygens (including phenoxy) is 4. The number of hydrogen-bond donors (Lipinski definition) is 0. The van der Waals surface area contributed by atoms with E-state index in [1.165, 1.54) is 5.01 Å². The van der Waals surface area contributed by atoms with Gasteiger partial charge >= 0.3 is 0 Å². The SMILES string of the molecule is COCOc1ccc(C=Cc2ccc(C3=NN(C)C(=O)C3)cc2)cc1OCOC. The Morgan fingerprint density at radius 1 is 0.931 bits per heavy atom. The standard InChI is InChI=1S/C22H24N2O5/c1-24-22(25)13-19(23-24)18-9-6-16(7-10-18)4-5-17-8-11-20(28-14-26-2)21(12-17)29-15-27-3/h4-12H,13-15H2,1-3H3. The third kappa shape index (κ3) is 5.43. The number of nitrogens with zero attached hydrogens (tertiary/aromatic N) is 2. The summed E-state index contributed by atoms with van der Waals surface area (Å²) in [5.41, 5.74) is 3.73. The summed E-state index contributed by atoms with van der Waals surface area (Å²) in [5.74, 6) is 1.17. The van der Waals surface area contributed by atoms with E-state index >= 15 is 0 Å². The summed E-state index contributed by atoms with van der Waals surface area (Å²) in [7, 11) is 4.80. The first-order chi connectivity index (χ1) is 14.1. The van der Waals surface area contributed by atoms with Crippen molar-refractivity contribution >= 4 is 23.8 Å². The van der Waals surface area contributed by atoms with Crippen molar-refractivity contribution in [1.82, 2.24) is 5.01 Å². The molecule has 0 N–H and O–H groups in total. The molecule has 0 saturated heterocycles. The third-order valence-electron chi connectivity index (χ3n) is 4.29. The Morgan fingerprint density at radius 3 is 2.17 bits per heavy atom. The minimum absolute atomic E-state index is 0.00777. The fourth-order valence-electron chi connectivity index (χ4n) is 2.77. The Kier molecular flexibility index (Phi) is 6.99. The van der Waals surface area contributed by atoms with Gasteiger partial charge in [0.1, 0.15) is 0 Å². The lowest BCUT2D eigenvalue weighted by Crippen LogP contribution is -2.14. The van der Waals surface area contributed by atoms with E-state index in [-0.39, 0.29) is 19.5 Å². The second-order valence-electron chi connectivity index (χ2n) is 6.40. The summed E-state index contributed by atoms with van der Waals surface area (Å²) in [5, 5.41) is 5.65. The molecule has 0 radical (unpaired) electrons. The molecule has 0 atom stereocenters. The molecule has 1 heterocycles. The molecule has 0 aromatic heterocycles. The Labute approximate surface area is 170 Å². The molecule has 0 aliphatic carbocycles. The van der Waals surface area contributed by atoms with Gasteiger partial charge in [-0.05, 0) is 28.8 Å². The van der Waals surface area contributed by atoms with Crippen LogP contribution in [-0.2, 0) is 14.3 Å². The van der Waals surface area contributed by atoms with Crippen molar-refractivity contribution in [2.24, 2.45) is 5.10 Å². The fraction of sp³-hybridized carbons (Fsp3) is 0.273. The molecule has 1 amide bonds. The van der Waals surface area contributed by atoms with E-state index in [0.717, 1.165) is 22.4 Å². The number of carbonyl (C=O) groups excluding carboxylic acids is 1. The molecular weight excluding hydrogens is 372 g/mol. The summed E-state index contributed by atoms with van der Waals surface area (Å²) in [6.07, 6.45) is 4.33. The van der Waals surface area contributed by atoms with Crippen molar-refractivity contribution in [2.45, 2.75) is 6.42 Å². The highest BCUT2D eigenvalue weighted by molar-refractivity contribution is 6.13. The highest BCUT2D eigenvalue weighted by Crippen LogP contribution is 2.29. The molecule has 0 unspecified atom stereocenters. The molecule has 2 aromatic carbocycles. The molecule has 7 nitrogen and oxygen atoms in total. The van der Waals surface area contributed by atoms with E-state index in [0.29, 0.717) is 17.9 Å². The first-order valence-corrected chi connectivity index (χ1v) is 9.11.